The van der Waals surface area contributed by atoms with Crippen molar-refractivity contribution in [3.05, 3.63) is 41.0 Å². The zero-order chi connectivity index (χ0) is 14.1. The Kier molecular flexibility index (Phi) is 3.59. The van der Waals surface area contributed by atoms with Crippen LogP contribution in [0, 0.1) is 5.92 Å². The van der Waals surface area contributed by atoms with Crippen LogP contribution in [-0.2, 0) is 11.3 Å². The lowest BCUT2D eigenvalue weighted by molar-refractivity contribution is -0.141. The van der Waals surface area contributed by atoms with E-state index in [0.717, 1.165) is 23.0 Å². The van der Waals surface area contributed by atoms with Gasteiger partial charge in [-0.1, -0.05) is 17.7 Å². The Labute approximate surface area is 122 Å². The average Bonchev–Trinajstić information content (AvgIpc) is 2.91. The zero-order valence-electron chi connectivity index (χ0n) is 10.9. The molecule has 2 aromatic rings. The van der Waals surface area contributed by atoms with Crippen LogP contribution in [0.2, 0.25) is 5.02 Å². The number of hydrogen-bond acceptors (Lipinski definition) is 3. The molecule has 1 aromatic carbocycles. The number of carbonyl (C=O) groups is 1. The minimum atomic E-state index is -0.702. The number of rotatable bonds is 3. The van der Waals surface area contributed by atoms with Crippen molar-refractivity contribution in [2.24, 2.45) is 5.92 Å². The van der Waals surface area contributed by atoms with E-state index in [1.165, 1.54) is 0 Å². The van der Waals surface area contributed by atoms with Crippen LogP contribution in [0.15, 0.2) is 30.5 Å². The van der Waals surface area contributed by atoms with Crippen molar-refractivity contribution in [1.29, 1.82) is 0 Å². The second kappa shape index (κ2) is 5.38. The van der Waals surface area contributed by atoms with Gasteiger partial charge in [0.1, 0.15) is 0 Å². The van der Waals surface area contributed by atoms with Crippen molar-refractivity contribution in [1.82, 2.24) is 9.88 Å². The topological polar surface area (TPSA) is 53.4 Å². The van der Waals surface area contributed by atoms with E-state index in [4.69, 9.17) is 16.7 Å². The highest BCUT2D eigenvalue weighted by Crippen LogP contribution is 2.27. The van der Waals surface area contributed by atoms with Crippen molar-refractivity contribution in [3.63, 3.8) is 0 Å². The Morgan fingerprint density at radius 2 is 2.30 bits per heavy atom. The van der Waals surface area contributed by atoms with Crippen LogP contribution in [0.3, 0.4) is 0 Å². The molecule has 4 nitrogen and oxygen atoms in total. The normalized spacial score (nSPS) is 19.6. The van der Waals surface area contributed by atoms with Gasteiger partial charge in [-0.05, 0) is 36.7 Å². The summed E-state index contributed by atoms with van der Waals surface area (Å²) in [5.74, 6) is -0.951. The lowest BCUT2D eigenvalue weighted by Crippen LogP contribution is -2.23. The molecule has 1 saturated heterocycles. The second-order valence-electron chi connectivity index (χ2n) is 5.17. The minimum Gasteiger partial charge on any atom is -0.481 e. The molecule has 20 heavy (non-hydrogen) atoms. The average molecular weight is 291 g/mol. The molecule has 1 unspecified atom stereocenters. The first-order valence-electron chi connectivity index (χ1n) is 6.62. The highest BCUT2D eigenvalue weighted by molar-refractivity contribution is 6.35. The summed E-state index contributed by atoms with van der Waals surface area (Å²) >= 11 is 6.18. The molecule has 5 heteroatoms. The smallest absolute Gasteiger partial charge is 0.307 e. The summed E-state index contributed by atoms with van der Waals surface area (Å²) in [5, 5.41) is 10.7. The summed E-state index contributed by atoms with van der Waals surface area (Å²) in [5.41, 5.74) is 2.00. The first kappa shape index (κ1) is 13.3. The van der Waals surface area contributed by atoms with Crippen LogP contribution in [0.1, 0.15) is 12.0 Å². The van der Waals surface area contributed by atoms with Gasteiger partial charge in [0.15, 0.2) is 0 Å². The molecule has 1 aliphatic rings. The number of nitrogens with zero attached hydrogens (tertiary/aromatic N) is 2. The highest BCUT2D eigenvalue weighted by atomic mass is 35.5. The van der Waals surface area contributed by atoms with Gasteiger partial charge in [0.05, 0.1) is 11.4 Å². The van der Waals surface area contributed by atoms with Gasteiger partial charge in [-0.3, -0.25) is 14.7 Å². The van der Waals surface area contributed by atoms with Crippen molar-refractivity contribution >= 4 is 28.5 Å². The summed E-state index contributed by atoms with van der Waals surface area (Å²) in [7, 11) is 0. The third-order valence-corrected chi connectivity index (χ3v) is 4.15. The number of carboxylic acid groups (broad SMARTS) is 1. The van der Waals surface area contributed by atoms with Gasteiger partial charge >= 0.3 is 5.97 Å². The molecule has 104 valence electrons. The third kappa shape index (κ3) is 2.49. The van der Waals surface area contributed by atoms with E-state index in [-0.39, 0.29) is 5.92 Å². The predicted octanol–water partition coefficient (Wildman–Crippen LogP) is 2.79. The highest BCUT2D eigenvalue weighted by Gasteiger charge is 2.28. The maximum Gasteiger partial charge on any atom is 0.307 e. The lowest BCUT2D eigenvalue weighted by Gasteiger charge is -2.16. The molecule has 0 aliphatic carbocycles. The first-order valence-corrected chi connectivity index (χ1v) is 7.00. The van der Waals surface area contributed by atoms with Gasteiger partial charge in [-0.25, -0.2) is 0 Å². The zero-order valence-corrected chi connectivity index (χ0v) is 11.7. The number of benzene rings is 1. The minimum absolute atomic E-state index is 0.249. The van der Waals surface area contributed by atoms with Crippen LogP contribution in [0.5, 0.6) is 0 Å². The largest absolute Gasteiger partial charge is 0.481 e. The van der Waals surface area contributed by atoms with Crippen molar-refractivity contribution in [2.75, 3.05) is 13.1 Å². The Bertz CT molecular complexity index is 659. The van der Waals surface area contributed by atoms with Gasteiger partial charge in [0.25, 0.3) is 0 Å². The predicted molar refractivity (Wildman–Crippen MR) is 77.8 cm³/mol. The van der Waals surface area contributed by atoms with E-state index in [0.29, 0.717) is 24.5 Å². The van der Waals surface area contributed by atoms with E-state index in [1.54, 1.807) is 6.20 Å². The molecule has 1 aromatic heterocycles. The summed E-state index contributed by atoms with van der Waals surface area (Å²) in [6.07, 6.45) is 2.47. The molecular weight excluding hydrogens is 276 g/mol. The Morgan fingerprint density at radius 1 is 1.45 bits per heavy atom. The molecule has 3 rings (SSSR count). The van der Waals surface area contributed by atoms with E-state index >= 15 is 0 Å². The molecule has 1 atom stereocenters. The monoisotopic (exact) mass is 290 g/mol. The van der Waals surface area contributed by atoms with E-state index in [9.17, 15) is 4.79 Å². The number of fused-ring (bicyclic) bond motifs is 1. The van der Waals surface area contributed by atoms with Gasteiger partial charge < -0.3 is 5.11 Å². The Hall–Kier alpha value is -1.65. The molecule has 0 radical (unpaired) electrons. The fourth-order valence-corrected chi connectivity index (χ4v) is 2.96. The van der Waals surface area contributed by atoms with Crippen molar-refractivity contribution in [2.45, 2.75) is 13.0 Å². The van der Waals surface area contributed by atoms with Gasteiger partial charge in [0.2, 0.25) is 0 Å². The number of halogens is 1. The molecule has 2 heterocycles. The summed E-state index contributed by atoms with van der Waals surface area (Å²) < 4.78 is 0. The van der Waals surface area contributed by atoms with Crippen LogP contribution >= 0.6 is 11.6 Å². The number of aromatic nitrogens is 1. The SMILES string of the molecule is O=C(O)C1CCN(Cc2ccc(Cl)c3cccnc23)C1. The maximum atomic E-state index is 11.0. The van der Waals surface area contributed by atoms with Gasteiger partial charge in [-0.15, -0.1) is 0 Å². The lowest BCUT2D eigenvalue weighted by atomic mass is 10.1. The van der Waals surface area contributed by atoms with Gasteiger partial charge in [0, 0.05) is 29.7 Å². The van der Waals surface area contributed by atoms with E-state index in [2.05, 4.69) is 9.88 Å². The van der Waals surface area contributed by atoms with Crippen LogP contribution in [-0.4, -0.2) is 34.0 Å². The van der Waals surface area contributed by atoms with Crippen molar-refractivity contribution < 1.29 is 9.90 Å². The molecule has 0 bridgehead atoms. The Morgan fingerprint density at radius 3 is 3.05 bits per heavy atom. The molecule has 0 amide bonds. The molecule has 1 fully saturated rings. The van der Waals surface area contributed by atoms with E-state index < -0.39 is 5.97 Å². The Balaban J connectivity index is 1.85. The fourth-order valence-electron chi connectivity index (χ4n) is 2.74. The quantitative estimate of drug-likeness (QED) is 0.944. The number of pyridine rings is 1. The number of likely N-dealkylation sites (tertiary alicyclic amines) is 1. The second-order valence-corrected chi connectivity index (χ2v) is 5.57. The van der Waals surface area contributed by atoms with Crippen LogP contribution < -0.4 is 0 Å². The van der Waals surface area contributed by atoms with Crippen LogP contribution in [0.25, 0.3) is 10.9 Å². The van der Waals surface area contributed by atoms with E-state index in [1.807, 2.05) is 24.3 Å². The summed E-state index contributed by atoms with van der Waals surface area (Å²) in [6, 6.07) is 7.68. The van der Waals surface area contributed by atoms with Crippen LogP contribution in [0.4, 0.5) is 0 Å². The fraction of sp³-hybridized carbons (Fsp3) is 0.333. The summed E-state index contributed by atoms with van der Waals surface area (Å²) in [4.78, 5) is 17.6. The molecule has 0 saturated carbocycles. The number of hydrogen-bond donors (Lipinski definition) is 1. The molecule has 1 N–H and O–H groups in total. The maximum absolute atomic E-state index is 11.0. The van der Waals surface area contributed by atoms with Crippen molar-refractivity contribution in [3.8, 4) is 0 Å². The first-order chi connectivity index (χ1) is 9.65. The number of aliphatic carboxylic acids is 1. The summed E-state index contributed by atoms with van der Waals surface area (Å²) in [6.45, 7) is 2.13. The molecular formula is C15H15ClN2O2. The third-order valence-electron chi connectivity index (χ3n) is 3.82. The molecule has 1 aliphatic heterocycles. The molecule has 0 spiro atoms. The standard InChI is InChI=1S/C15H15ClN2O2/c16-13-4-3-10(14-12(13)2-1-6-17-14)8-18-7-5-11(9-18)15(19)20/h1-4,6,11H,5,7-9H2,(H,19,20). The van der Waals surface area contributed by atoms with Gasteiger partial charge in [-0.2, -0.15) is 0 Å². The number of carboxylic acids is 1.